The van der Waals surface area contributed by atoms with E-state index < -0.39 is 5.54 Å². The molecule has 2 rings (SSSR count). The van der Waals surface area contributed by atoms with Crippen LogP contribution in [0.3, 0.4) is 0 Å². The normalized spacial score (nSPS) is 30.8. The van der Waals surface area contributed by atoms with Crippen molar-refractivity contribution in [1.82, 2.24) is 5.32 Å². The van der Waals surface area contributed by atoms with Crippen LogP contribution in [0.4, 0.5) is 0 Å². The van der Waals surface area contributed by atoms with Gasteiger partial charge in [0.2, 0.25) is 0 Å². The average molecular weight is 299 g/mol. The zero-order valence-corrected chi connectivity index (χ0v) is 13.8. The summed E-state index contributed by atoms with van der Waals surface area (Å²) in [5.74, 6) is 2.15. The number of carbonyl (C=O) groups is 1. The van der Waals surface area contributed by atoms with E-state index >= 15 is 0 Å². The summed E-state index contributed by atoms with van der Waals surface area (Å²) in [5, 5.41) is 4.09. The Morgan fingerprint density at radius 3 is 2.75 bits per heavy atom. The molecule has 2 saturated carbocycles. The molecule has 0 amide bonds. The first-order chi connectivity index (χ1) is 9.70. The highest BCUT2D eigenvalue weighted by Gasteiger charge is 2.46. The number of carbonyl (C=O) groups excluding carboxylic acids is 1. The van der Waals surface area contributed by atoms with Crippen LogP contribution in [0.1, 0.15) is 58.3 Å². The van der Waals surface area contributed by atoms with Crippen LogP contribution in [-0.4, -0.2) is 36.2 Å². The van der Waals surface area contributed by atoms with Crippen molar-refractivity contribution in [3.05, 3.63) is 0 Å². The van der Waals surface area contributed by atoms with Gasteiger partial charge in [0.1, 0.15) is 5.54 Å². The minimum atomic E-state index is -0.405. The molecule has 1 N–H and O–H groups in total. The summed E-state index contributed by atoms with van der Waals surface area (Å²) in [6.45, 7) is 3.04. The molecule has 2 unspecified atom stereocenters. The summed E-state index contributed by atoms with van der Waals surface area (Å²) in [5.41, 5.74) is -0.405. The first-order valence-corrected chi connectivity index (χ1v) is 9.20. The lowest BCUT2D eigenvalue weighted by Crippen LogP contribution is -2.51. The molecule has 0 spiro atoms. The van der Waals surface area contributed by atoms with E-state index in [1.807, 2.05) is 0 Å². The fourth-order valence-corrected chi connectivity index (χ4v) is 5.13. The zero-order valence-electron chi connectivity index (χ0n) is 13.0. The fourth-order valence-electron chi connectivity index (χ4n) is 3.57. The topological polar surface area (TPSA) is 38.3 Å². The minimum Gasteiger partial charge on any atom is -0.468 e. The first-order valence-electron chi connectivity index (χ1n) is 8.15. The van der Waals surface area contributed by atoms with Gasteiger partial charge in [-0.3, -0.25) is 4.79 Å². The Balaban J connectivity index is 1.84. The molecule has 0 aromatic heterocycles. The van der Waals surface area contributed by atoms with E-state index in [1.165, 1.54) is 38.5 Å². The maximum absolute atomic E-state index is 12.2. The van der Waals surface area contributed by atoms with E-state index in [4.69, 9.17) is 4.74 Å². The lowest BCUT2D eigenvalue weighted by molar-refractivity contribution is -0.148. The van der Waals surface area contributed by atoms with Crippen LogP contribution in [0.15, 0.2) is 0 Å². The van der Waals surface area contributed by atoms with Crippen LogP contribution in [-0.2, 0) is 9.53 Å². The smallest absolute Gasteiger partial charge is 0.326 e. The second-order valence-electron chi connectivity index (χ2n) is 6.35. The SMILES string of the molecule is CCCNC1(C(=O)OC)CCC(SCC2CCCC2)C1. The molecule has 2 atom stereocenters. The first kappa shape index (κ1) is 16.2. The maximum atomic E-state index is 12.2. The van der Waals surface area contributed by atoms with Gasteiger partial charge >= 0.3 is 5.97 Å². The molecule has 0 bridgehead atoms. The Bertz CT molecular complexity index is 318. The predicted octanol–water partition coefficient (Wildman–Crippen LogP) is 3.37. The summed E-state index contributed by atoms with van der Waals surface area (Å²) in [7, 11) is 1.51. The zero-order chi connectivity index (χ0) is 14.4. The van der Waals surface area contributed by atoms with Gasteiger partial charge in [0, 0.05) is 5.25 Å². The van der Waals surface area contributed by atoms with E-state index in [0.717, 1.165) is 38.1 Å². The highest BCUT2D eigenvalue weighted by atomic mass is 32.2. The molecule has 3 nitrogen and oxygen atoms in total. The molecule has 0 heterocycles. The van der Waals surface area contributed by atoms with Gasteiger partial charge in [-0.15, -0.1) is 0 Å². The quantitative estimate of drug-likeness (QED) is 0.732. The van der Waals surface area contributed by atoms with E-state index in [9.17, 15) is 4.79 Å². The Kier molecular flexibility index (Phi) is 6.21. The molecule has 0 aliphatic heterocycles. The Morgan fingerprint density at radius 1 is 1.35 bits per heavy atom. The van der Waals surface area contributed by atoms with Crippen molar-refractivity contribution in [2.24, 2.45) is 5.92 Å². The summed E-state index contributed by atoms with van der Waals surface area (Å²) in [4.78, 5) is 12.2. The number of methoxy groups -OCH3 is 1. The number of nitrogens with one attached hydrogen (secondary N) is 1. The van der Waals surface area contributed by atoms with Gasteiger partial charge in [0.05, 0.1) is 7.11 Å². The van der Waals surface area contributed by atoms with Crippen LogP contribution in [0.2, 0.25) is 0 Å². The van der Waals surface area contributed by atoms with E-state index in [1.54, 1.807) is 0 Å². The monoisotopic (exact) mass is 299 g/mol. The maximum Gasteiger partial charge on any atom is 0.326 e. The van der Waals surface area contributed by atoms with Gasteiger partial charge in [-0.25, -0.2) is 0 Å². The number of ether oxygens (including phenoxy) is 1. The lowest BCUT2D eigenvalue weighted by atomic mass is 9.97. The third-order valence-corrected chi connectivity index (χ3v) is 6.34. The van der Waals surface area contributed by atoms with Crippen LogP contribution in [0.25, 0.3) is 0 Å². The summed E-state index contributed by atoms with van der Waals surface area (Å²) < 4.78 is 5.05. The van der Waals surface area contributed by atoms with E-state index in [0.29, 0.717) is 5.25 Å². The van der Waals surface area contributed by atoms with Crippen LogP contribution in [0.5, 0.6) is 0 Å². The van der Waals surface area contributed by atoms with Crippen LogP contribution < -0.4 is 5.32 Å². The average Bonchev–Trinajstić information content (AvgIpc) is 3.12. The molecule has 20 heavy (non-hydrogen) atoms. The molecule has 0 aromatic rings. The molecular formula is C16H29NO2S. The molecular weight excluding hydrogens is 270 g/mol. The number of hydrogen-bond donors (Lipinski definition) is 1. The summed E-state index contributed by atoms with van der Waals surface area (Å²) in [6, 6.07) is 0. The summed E-state index contributed by atoms with van der Waals surface area (Å²) >= 11 is 2.10. The van der Waals surface area contributed by atoms with Crippen molar-refractivity contribution in [2.75, 3.05) is 19.4 Å². The van der Waals surface area contributed by atoms with Gasteiger partial charge in [0.25, 0.3) is 0 Å². The van der Waals surface area contributed by atoms with E-state index in [2.05, 4.69) is 24.0 Å². The molecule has 2 fully saturated rings. The Morgan fingerprint density at radius 2 is 2.10 bits per heavy atom. The van der Waals surface area contributed by atoms with Gasteiger partial charge < -0.3 is 10.1 Å². The summed E-state index contributed by atoms with van der Waals surface area (Å²) in [6.07, 6.45) is 9.73. The van der Waals surface area contributed by atoms with Crippen molar-refractivity contribution in [2.45, 2.75) is 69.1 Å². The molecule has 0 saturated heterocycles. The van der Waals surface area contributed by atoms with Crippen molar-refractivity contribution in [3.8, 4) is 0 Å². The number of rotatable bonds is 7. The third-order valence-electron chi connectivity index (χ3n) is 4.80. The second-order valence-corrected chi connectivity index (χ2v) is 7.68. The highest BCUT2D eigenvalue weighted by molar-refractivity contribution is 7.99. The number of hydrogen-bond acceptors (Lipinski definition) is 4. The Hall–Kier alpha value is -0.220. The molecule has 0 radical (unpaired) electrons. The lowest BCUT2D eigenvalue weighted by Gasteiger charge is -2.27. The van der Waals surface area contributed by atoms with Crippen molar-refractivity contribution in [1.29, 1.82) is 0 Å². The minimum absolute atomic E-state index is 0.0603. The molecule has 2 aliphatic carbocycles. The molecule has 0 aromatic carbocycles. The van der Waals surface area contributed by atoms with Gasteiger partial charge in [0.15, 0.2) is 0 Å². The predicted molar refractivity (Wildman–Crippen MR) is 85.1 cm³/mol. The molecule has 2 aliphatic rings. The van der Waals surface area contributed by atoms with Crippen LogP contribution >= 0.6 is 11.8 Å². The third kappa shape index (κ3) is 3.91. The largest absolute Gasteiger partial charge is 0.468 e. The van der Waals surface area contributed by atoms with Crippen LogP contribution in [0, 0.1) is 5.92 Å². The molecule has 116 valence electrons. The number of thioether (sulfide) groups is 1. The van der Waals surface area contributed by atoms with Gasteiger partial charge in [-0.05, 0) is 56.7 Å². The highest BCUT2D eigenvalue weighted by Crippen LogP contribution is 2.40. The van der Waals surface area contributed by atoms with Gasteiger partial charge in [-0.2, -0.15) is 11.8 Å². The molecule has 4 heteroatoms. The van der Waals surface area contributed by atoms with Crippen molar-refractivity contribution in [3.63, 3.8) is 0 Å². The van der Waals surface area contributed by atoms with Gasteiger partial charge in [-0.1, -0.05) is 19.8 Å². The standard InChI is InChI=1S/C16H29NO2S/c1-3-10-17-16(15(18)19-2)9-8-14(11-16)20-12-13-6-4-5-7-13/h13-14,17H,3-12H2,1-2H3. The number of esters is 1. The van der Waals surface area contributed by atoms with E-state index in [-0.39, 0.29) is 5.97 Å². The Labute approximate surface area is 127 Å². The van der Waals surface area contributed by atoms with Crippen molar-refractivity contribution >= 4 is 17.7 Å². The second kappa shape index (κ2) is 7.69. The van der Waals surface area contributed by atoms with Crippen molar-refractivity contribution < 1.29 is 9.53 Å². The fraction of sp³-hybridized carbons (Fsp3) is 0.938.